The predicted octanol–water partition coefficient (Wildman–Crippen LogP) is 1.89. The van der Waals surface area contributed by atoms with Gasteiger partial charge in [-0.25, -0.2) is 0 Å². The maximum atomic E-state index is 11.2. The Morgan fingerprint density at radius 2 is 2.25 bits per heavy atom. The summed E-state index contributed by atoms with van der Waals surface area (Å²) < 4.78 is 6.26. The summed E-state index contributed by atoms with van der Waals surface area (Å²) in [6.07, 6.45) is 1.49. The summed E-state index contributed by atoms with van der Waals surface area (Å²) >= 11 is 2.13. The number of nitrogens with one attached hydrogen (secondary N) is 2. The lowest BCUT2D eigenvalue weighted by Crippen LogP contribution is -2.27. The Balaban J connectivity index is 2.05. The summed E-state index contributed by atoms with van der Waals surface area (Å²) in [4.78, 5) is 11.2. The Bertz CT molecular complexity index is 326. The molecule has 2 N–H and O–H groups in total. The number of halogens is 1. The van der Waals surface area contributed by atoms with Crippen molar-refractivity contribution in [1.82, 2.24) is 10.6 Å². The zero-order valence-electron chi connectivity index (χ0n) is 9.38. The van der Waals surface area contributed by atoms with Gasteiger partial charge in [0.05, 0.1) is 6.54 Å². The van der Waals surface area contributed by atoms with E-state index in [1.165, 1.54) is 0 Å². The van der Waals surface area contributed by atoms with Gasteiger partial charge in [-0.15, -0.1) is 0 Å². The van der Waals surface area contributed by atoms with Gasteiger partial charge >= 0.3 is 0 Å². The van der Waals surface area contributed by atoms with Crippen molar-refractivity contribution in [3.63, 3.8) is 0 Å². The second-order valence-corrected chi connectivity index (χ2v) is 4.55. The van der Waals surface area contributed by atoms with E-state index < -0.39 is 0 Å². The van der Waals surface area contributed by atoms with E-state index in [4.69, 9.17) is 4.42 Å². The van der Waals surface area contributed by atoms with Gasteiger partial charge in [-0.2, -0.15) is 0 Å². The van der Waals surface area contributed by atoms with Crippen LogP contribution in [0.3, 0.4) is 0 Å². The zero-order valence-corrected chi connectivity index (χ0v) is 11.5. The van der Waals surface area contributed by atoms with Crippen LogP contribution in [0.25, 0.3) is 0 Å². The van der Waals surface area contributed by atoms with Crippen LogP contribution < -0.4 is 10.6 Å². The molecule has 1 aromatic heterocycles. The van der Waals surface area contributed by atoms with Crippen molar-refractivity contribution in [2.75, 3.05) is 13.1 Å². The van der Waals surface area contributed by atoms with Gasteiger partial charge in [-0.3, -0.25) is 4.79 Å². The molecule has 0 bridgehead atoms. The van der Waals surface area contributed by atoms with Crippen molar-refractivity contribution in [3.8, 4) is 0 Å². The van der Waals surface area contributed by atoms with E-state index in [0.29, 0.717) is 19.5 Å². The van der Waals surface area contributed by atoms with E-state index >= 15 is 0 Å². The Kier molecular flexibility index (Phi) is 6.47. The Hall–Kier alpha value is -0.560. The largest absolute Gasteiger partial charge is 0.454 e. The van der Waals surface area contributed by atoms with Crippen LogP contribution in [0.2, 0.25) is 0 Å². The van der Waals surface area contributed by atoms with Crippen molar-refractivity contribution in [2.45, 2.75) is 26.3 Å². The Morgan fingerprint density at radius 1 is 1.44 bits per heavy atom. The molecule has 5 heteroatoms. The molecule has 0 aliphatic rings. The summed E-state index contributed by atoms with van der Waals surface area (Å²) in [6.45, 7) is 4.14. The molecule has 0 unspecified atom stereocenters. The maximum absolute atomic E-state index is 11.2. The average molecular weight is 336 g/mol. The minimum Gasteiger partial charge on any atom is -0.454 e. The van der Waals surface area contributed by atoms with Crippen LogP contribution in [-0.4, -0.2) is 19.0 Å². The third-order valence-corrected chi connectivity index (χ3v) is 2.61. The van der Waals surface area contributed by atoms with Crippen molar-refractivity contribution in [3.05, 3.63) is 21.7 Å². The summed E-state index contributed by atoms with van der Waals surface area (Å²) in [6, 6.07) is 3.86. The maximum Gasteiger partial charge on any atom is 0.221 e. The second kappa shape index (κ2) is 7.67. The molecule has 0 aromatic carbocycles. The highest BCUT2D eigenvalue weighted by atomic mass is 127. The monoisotopic (exact) mass is 336 g/mol. The Labute approximate surface area is 109 Å². The molecule has 0 fully saturated rings. The van der Waals surface area contributed by atoms with Crippen LogP contribution in [-0.2, 0) is 11.3 Å². The van der Waals surface area contributed by atoms with Gasteiger partial charge in [0.15, 0.2) is 3.77 Å². The molecule has 0 atom stereocenters. The fourth-order valence-electron chi connectivity index (χ4n) is 1.21. The van der Waals surface area contributed by atoms with Gasteiger partial charge in [0.25, 0.3) is 0 Å². The molecule has 1 heterocycles. The molecule has 90 valence electrons. The van der Waals surface area contributed by atoms with Gasteiger partial charge in [0, 0.05) is 19.5 Å². The molecule has 0 radical (unpaired) electrons. The summed E-state index contributed by atoms with van der Waals surface area (Å²) in [7, 11) is 0. The number of carbonyl (C=O) groups is 1. The van der Waals surface area contributed by atoms with Crippen LogP contribution >= 0.6 is 22.6 Å². The molecule has 0 aliphatic carbocycles. The van der Waals surface area contributed by atoms with Crippen molar-refractivity contribution in [1.29, 1.82) is 0 Å². The predicted molar refractivity (Wildman–Crippen MR) is 71.0 cm³/mol. The third kappa shape index (κ3) is 5.50. The first-order valence-electron chi connectivity index (χ1n) is 5.44. The first-order valence-corrected chi connectivity index (χ1v) is 6.52. The third-order valence-electron chi connectivity index (χ3n) is 2.03. The number of furan rings is 1. The van der Waals surface area contributed by atoms with E-state index in [9.17, 15) is 4.79 Å². The topological polar surface area (TPSA) is 54.3 Å². The minimum atomic E-state index is 0.100. The van der Waals surface area contributed by atoms with Gasteiger partial charge in [0.1, 0.15) is 5.76 Å². The molecule has 4 nitrogen and oxygen atoms in total. The lowest BCUT2D eigenvalue weighted by Gasteiger charge is -2.04. The van der Waals surface area contributed by atoms with Crippen LogP contribution in [0.15, 0.2) is 16.5 Å². The second-order valence-electron chi connectivity index (χ2n) is 3.48. The number of rotatable bonds is 7. The van der Waals surface area contributed by atoms with Gasteiger partial charge < -0.3 is 15.1 Å². The van der Waals surface area contributed by atoms with Gasteiger partial charge in [0.2, 0.25) is 5.91 Å². The summed E-state index contributed by atoms with van der Waals surface area (Å²) in [5.41, 5.74) is 0. The highest BCUT2D eigenvalue weighted by Crippen LogP contribution is 2.09. The SMILES string of the molecule is CCCNC(=O)CCNCc1ccc(I)o1. The molecule has 1 amide bonds. The van der Waals surface area contributed by atoms with Gasteiger partial charge in [-0.1, -0.05) is 6.92 Å². The molecular weight excluding hydrogens is 319 g/mol. The molecule has 0 aliphatic heterocycles. The highest BCUT2D eigenvalue weighted by Gasteiger charge is 2.01. The Morgan fingerprint density at radius 3 is 2.88 bits per heavy atom. The quantitative estimate of drug-likeness (QED) is 0.591. The summed E-state index contributed by atoms with van der Waals surface area (Å²) in [5, 5.41) is 6.00. The van der Waals surface area contributed by atoms with Crippen LogP contribution in [0.5, 0.6) is 0 Å². The van der Waals surface area contributed by atoms with E-state index in [2.05, 4.69) is 33.2 Å². The standard InChI is InChI=1S/C11H17IN2O2/c1-2-6-14-11(15)5-7-13-8-9-3-4-10(12)16-9/h3-4,13H,2,5-8H2,1H3,(H,14,15). The van der Waals surface area contributed by atoms with Crippen LogP contribution in [0.1, 0.15) is 25.5 Å². The fraction of sp³-hybridized carbons (Fsp3) is 0.545. The molecule has 16 heavy (non-hydrogen) atoms. The highest BCUT2D eigenvalue weighted by molar-refractivity contribution is 14.1. The van der Waals surface area contributed by atoms with Crippen molar-refractivity contribution < 1.29 is 9.21 Å². The van der Waals surface area contributed by atoms with E-state index in [0.717, 1.165) is 22.5 Å². The molecule has 0 saturated heterocycles. The van der Waals surface area contributed by atoms with Gasteiger partial charge in [-0.05, 0) is 41.1 Å². The number of hydrogen-bond acceptors (Lipinski definition) is 3. The van der Waals surface area contributed by atoms with Crippen molar-refractivity contribution >= 4 is 28.5 Å². The smallest absolute Gasteiger partial charge is 0.221 e. The molecule has 0 saturated carbocycles. The number of carbonyl (C=O) groups excluding carboxylic acids is 1. The fourth-order valence-corrected chi connectivity index (χ4v) is 1.68. The van der Waals surface area contributed by atoms with Crippen LogP contribution in [0.4, 0.5) is 0 Å². The lowest BCUT2D eigenvalue weighted by atomic mass is 10.3. The normalized spacial score (nSPS) is 10.4. The molecule has 1 rings (SSSR count). The minimum absolute atomic E-state index is 0.100. The molecule has 1 aromatic rings. The van der Waals surface area contributed by atoms with E-state index in [1.807, 2.05) is 19.1 Å². The zero-order chi connectivity index (χ0) is 11.8. The first-order chi connectivity index (χ1) is 7.72. The lowest BCUT2D eigenvalue weighted by molar-refractivity contribution is -0.120. The first kappa shape index (κ1) is 13.5. The molecule has 0 spiro atoms. The van der Waals surface area contributed by atoms with Crippen molar-refractivity contribution in [2.24, 2.45) is 0 Å². The summed E-state index contributed by atoms with van der Waals surface area (Å²) in [5.74, 6) is 1.00. The average Bonchev–Trinajstić information content (AvgIpc) is 2.67. The molecular formula is C11H17IN2O2. The number of hydrogen-bond donors (Lipinski definition) is 2. The van der Waals surface area contributed by atoms with Crippen LogP contribution in [0, 0.1) is 3.77 Å². The van der Waals surface area contributed by atoms with E-state index in [-0.39, 0.29) is 5.91 Å². The van der Waals surface area contributed by atoms with E-state index in [1.54, 1.807) is 0 Å². The number of amides is 1.